The summed E-state index contributed by atoms with van der Waals surface area (Å²) >= 11 is -1.12. The van der Waals surface area contributed by atoms with E-state index < -0.39 is 11.4 Å². The molecule has 2 aliphatic heterocycles. The van der Waals surface area contributed by atoms with Crippen molar-refractivity contribution in [2.75, 3.05) is 45.0 Å². The van der Waals surface area contributed by atoms with Crippen LogP contribution in [-0.4, -0.2) is 59.9 Å². The van der Waals surface area contributed by atoms with E-state index in [9.17, 15) is 9.35 Å². The quantitative estimate of drug-likeness (QED) is 0.737. The second kappa shape index (κ2) is 7.51. The van der Waals surface area contributed by atoms with Crippen LogP contribution in [0.3, 0.4) is 0 Å². The summed E-state index contributed by atoms with van der Waals surface area (Å²) in [6.07, 6.45) is 5.38. The summed E-state index contributed by atoms with van der Waals surface area (Å²) in [6.45, 7) is 3.38. The molecular weight excluding hydrogens is 354 g/mol. The molecule has 0 bridgehead atoms. The van der Waals surface area contributed by atoms with Gasteiger partial charge in [0.05, 0.1) is 43.5 Å². The minimum atomic E-state index is -1.12. The van der Waals surface area contributed by atoms with Crippen LogP contribution in [0.1, 0.15) is 6.92 Å². The first-order valence-electron chi connectivity index (χ1n) is 8.31. The van der Waals surface area contributed by atoms with Gasteiger partial charge in [-0.15, -0.1) is 0 Å². The molecule has 1 unspecified atom stereocenters. The molecule has 26 heavy (non-hydrogen) atoms. The van der Waals surface area contributed by atoms with E-state index in [1.807, 2.05) is 31.3 Å². The van der Waals surface area contributed by atoms with E-state index in [0.717, 1.165) is 11.3 Å². The van der Waals surface area contributed by atoms with Gasteiger partial charge in [-0.25, -0.2) is 4.79 Å². The van der Waals surface area contributed by atoms with Crippen LogP contribution in [0.2, 0.25) is 0 Å². The SMILES string of the molecule is CCN1C(=O)N(c2cc(OC)cc(OC)c2)CC2=C1CN([S+](C)[O-])C=C2. The molecule has 140 valence electrons. The molecule has 1 aromatic carbocycles. The summed E-state index contributed by atoms with van der Waals surface area (Å²) in [4.78, 5) is 16.5. The van der Waals surface area contributed by atoms with E-state index in [2.05, 4.69) is 0 Å². The number of nitrogens with zero attached hydrogens (tertiary/aromatic N) is 3. The Morgan fingerprint density at radius 1 is 1.15 bits per heavy atom. The van der Waals surface area contributed by atoms with Gasteiger partial charge in [-0.1, -0.05) is 0 Å². The number of likely N-dealkylation sites (N-methyl/N-ethyl adjacent to an activating group) is 1. The molecule has 2 amide bonds. The van der Waals surface area contributed by atoms with Crippen molar-refractivity contribution in [1.29, 1.82) is 0 Å². The van der Waals surface area contributed by atoms with Crippen LogP contribution in [0.5, 0.6) is 11.5 Å². The smallest absolute Gasteiger partial charge is 0.329 e. The maximum Gasteiger partial charge on any atom is 0.329 e. The van der Waals surface area contributed by atoms with E-state index in [1.54, 1.807) is 40.6 Å². The molecule has 3 rings (SSSR count). The minimum Gasteiger partial charge on any atom is -0.593 e. The average molecular weight is 377 g/mol. The topological polar surface area (TPSA) is 68.3 Å². The van der Waals surface area contributed by atoms with Gasteiger partial charge in [-0.2, -0.15) is 4.31 Å². The average Bonchev–Trinajstić information content (AvgIpc) is 2.66. The third-order valence-corrected chi connectivity index (χ3v) is 5.44. The zero-order chi connectivity index (χ0) is 18.8. The van der Waals surface area contributed by atoms with Crippen molar-refractivity contribution in [1.82, 2.24) is 9.21 Å². The fourth-order valence-electron chi connectivity index (χ4n) is 3.13. The molecule has 0 aliphatic carbocycles. The van der Waals surface area contributed by atoms with Gasteiger partial charge in [0.2, 0.25) is 0 Å². The summed E-state index contributed by atoms with van der Waals surface area (Å²) in [5.41, 5.74) is 2.65. The Bertz CT molecular complexity index is 741. The summed E-state index contributed by atoms with van der Waals surface area (Å²) in [5, 5.41) is 0. The van der Waals surface area contributed by atoms with E-state index in [1.165, 1.54) is 0 Å². The van der Waals surface area contributed by atoms with E-state index >= 15 is 0 Å². The fourth-order valence-corrected chi connectivity index (χ4v) is 3.66. The van der Waals surface area contributed by atoms with Crippen molar-refractivity contribution in [3.8, 4) is 11.5 Å². The second-order valence-electron chi connectivity index (χ2n) is 5.97. The Morgan fingerprint density at radius 3 is 2.35 bits per heavy atom. The van der Waals surface area contributed by atoms with E-state index in [4.69, 9.17) is 9.47 Å². The molecule has 0 spiro atoms. The molecular formula is C18H23N3O4S. The van der Waals surface area contributed by atoms with Gasteiger partial charge in [-0.05, 0) is 18.6 Å². The maximum absolute atomic E-state index is 13.1. The molecule has 0 saturated heterocycles. The normalized spacial score (nSPS) is 18.2. The predicted molar refractivity (Wildman–Crippen MR) is 102 cm³/mol. The van der Waals surface area contributed by atoms with Gasteiger partial charge >= 0.3 is 6.03 Å². The van der Waals surface area contributed by atoms with Crippen LogP contribution in [0.15, 0.2) is 41.7 Å². The summed E-state index contributed by atoms with van der Waals surface area (Å²) in [5.74, 6) is 1.25. The number of amides is 2. The highest BCUT2D eigenvalue weighted by atomic mass is 32.2. The number of benzene rings is 1. The Balaban J connectivity index is 1.98. The molecule has 0 fully saturated rings. The van der Waals surface area contributed by atoms with Crippen molar-refractivity contribution in [2.45, 2.75) is 6.92 Å². The maximum atomic E-state index is 13.1. The molecule has 1 aromatic rings. The standard InChI is InChI=1S/C18H23N3O4S/c1-5-20-17-12-19(26(4)23)7-6-13(17)11-21(18(20)22)14-8-15(24-2)10-16(9-14)25-3/h6-10H,5,11-12H2,1-4H3. The lowest BCUT2D eigenvalue weighted by atomic mass is 10.1. The van der Waals surface area contributed by atoms with Crippen molar-refractivity contribution in [2.24, 2.45) is 0 Å². The van der Waals surface area contributed by atoms with E-state index in [0.29, 0.717) is 36.8 Å². The Hall–Kier alpha value is -2.32. The lowest BCUT2D eigenvalue weighted by molar-refractivity contribution is 0.214. The van der Waals surface area contributed by atoms with Crippen LogP contribution < -0.4 is 14.4 Å². The summed E-state index contributed by atoms with van der Waals surface area (Å²) in [6, 6.07) is 5.30. The van der Waals surface area contributed by atoms with Gasteiger partial charge in [0, 0.05) is 30.9 Å². The zero-order valence-electron chi connectivity index (χ0n) is 15.4. The Labute approximate surface area is 156 Å². The molecule has 7 nitrogen and oxygen atoms in total. The monoisotopic (exact) mass is 377 g/mol. The van der Waals surface area contributed by atoms with Crippen molar-refractivity contribution >= 4 is 23.1 Å². The highest BCUT2D eigenvalue weighted by Gasteiger charge is 2.35. The summed E-state index contributed by atoms with van der Waals surface area (Å²) in [7, 11) is 3.16. The first kappa shape index (κ1) is 18.5. The number of hydrogen-bond acceptors (Lipinski definition) is 5. The zero-order valence-corrected chi connectivity index (χ0v) is 16.2. The van der Waals surface area contributed by atoms with Crippen LogP contribution >= 0.6 is 0 Å². The molecule has 0 saturated carbocycles. The number of carbonyl (C=O) groups is 1. The minimum absolute atomic E-state index is 0.112. The van der Waals surface area contributed by atoms with Crippen LogP contribution in [0, 0.1) is 0 Å². The number of methoxy groups -OCH3 is 2. The number of rotatable bonds is 5. The molecule has 0 aromatic heterocycles. The first-order chi connectivity index (χ1) is 12.5. The van der Waals surface area contributed by atoms with Gasteiger partial charge in [0.25, 0.3) is 0 Å². The Kier molecular flexibility index (Phi) is 5.33. The lowest BCUT2D eigenvalue weighted by Gasteiger charge is -2.40. The molecule has 8 heteroatoms. The van der Waals surface area contributed by atoms with Gasteiger partial charge in [0.15, 0.2) is 0 Å². The molecule has 0 N–H and O–H groups in total. The number of ether oxygens (including phenoxy) is 2. The molecule has 1 atom stereocenters. The Morgan fingerprint density at radius 2 is 1.81 bits per heavy atom. The highest BCUT2D eigenvalue weighted by Crippen LogP contribution is 2.34. The van der Waals surface area contributed by atoms with Gasteiger partial charge in [-0.3, -0.25) is 9.80 Å². The van der Waals surface area contributed by atoms with Crippen molar-refractivity contribution < 1.29 is 18.8 Å². The number of urea groups is 1. The third-order valence-electron chi connectivity index (χ3n) is 4.53. The lowest BCUT2D eigenvalue weighted by Crippen LogP contribution is -2.51. The van der Waals surface area contributed by atoms with Crippen molar-refractivity contribution in [3.05, 3.63) is 41.7 Å². The van der Waals surface area contributed by atoms with Crippen LogP contribution in [-0.2, 0) is 11.4 Å². The fraction of sp³-hybridized carbons (Fsp3) is 0.389. The van der Waals surface area contributed by atoms with Crippen LogP contribution in [0.25, 0.3) is 0 Å². The van der Waals surface area contributed by atoms with Crippen molar-refractivity contribution in [3.63, 3.8) is 0 Å². The van der Waals surface area contributed by atoms with Crippen LogP contribution in [0.4, 0.5) is 10.5 Å². The molecule has 2 aliphatic rings. The highest BCUT2D eigenvalue weighted by molar-refractivity contribution is 7.88. The number of anilines is 1. The van der Waals surface area contributed by atoms with E-state index in [-0.39, 0.29) is 6.03 Å². The summed E-state index contributed by atoms with van der Waals surface area (Å²) < 4.78 is 24.2. The number of carbonyl (C=O) groups excluding carboxylic acids is 1. The second-order valence-corrected chi connectivity index (χ2v) is 7.29. The van der Waals surface area contributed by atoms with Gasteiger partial charge in [0.1, 0.15) is 24.3 Å². The third kappa shape index (κ3) is 3.34. The molecule has 0 radical (unpaired) electrons. The first-order valence-corrected chi connectivity index (χ1v) is 9.82. The van der Waals surface area contributed by atoms with Gasteiger partial charge < -0.3 is 14.0 Å². The molecule has 2 heterocycles. The predicted octanol–water partition coefficient (Wildman–Crippen LogP) is 2.34. The number of hydrogen-bond donors (Lipinski definition) is 0. The largest absolute Gasteiger partial charge is 0.593 e.